The number of ether oxygens (including phenoxy) is 1. The van der Waals surface area contributed by atoms with Crippen molar-refractivity contribution in [2.24, 2.45) is 11.8 Å². The number of hydrogen-bond acceptors (Lipinski definition) is 2. The molecule has 0 N–H and O–H groups in total. The van der Waals surface area contributed by atoms with Crippen LogP contribution in [0.1, 0.15) is 47.0 Å². The minimum atomic E-state index is -0.0223. The van der Waals surface area contributed by atoms with Crippen molar-refractivity contribution in [3.8, 4) is 0 Å². The van der Waals surface area contributed by atoms with Crippen LogP contribution in [0.4, 0.5) is 0 Å². The van der Waals surface area contributed by atoms with Crippen LogP contribution in [-0.2, 0) is 9.53 Å². The van der Waals surface area contributed by atoms with E-state index in [4.69, 9.17) is 4.74 Å². The Kier molecular flexibility index (Phi) is 6.65. The maximum Gasteiger partial charge on any atom is 0.309 e. The van der Waals surface area contributed by atoms with E-state index in [0.29, 0.717) is 12.5 Å². The van der Waals surface area contributed by atoms with Gasteiger partial charge in [-0.25, -0.2) is 0 Å². The van der Waals surface area contributed by atoms with E-state index in [1.165, 1.54) is 0 Å². The molecule has 0 saturated carbocycles. The molecule has 0 spiro atoms. The molecule has 0 aliphatic rings. The van der Waals surface area contributed by atoms with Gasteiger partial charge in [0, 0.05) is 0 Å². The van der Waals surface area contributed by atoms with Crippen LogP contribution in [0.3, 0.4) is 0 Å². The summed E-state index contributed by atoms with van der Waals surface area (Å²) < 4.78 is 5.02. The lowest BCUT2D eigenvalue weighted by atomic mass is 9.91. The highest BCUT2D eigenvalue weighted by atomic mass is 16.5. The Morgan fingerprint density at radius 3 is 2.31 bits per heavy atom. The predicted molar refractivity (Wildman–Crippen MR) is 54.5 cm³/mol. The minimum absolute atomic E-state index is 0.0223. The Morgan fingerprint density at radius 1 is 1.31 bits per heavy atom. The molecule has 0 saturated heterocycles. The van der Waals surface area contributed by atoms with Gasteiger partial charge in [-0.05, 0) is 19.3 Å². The summed E-state index contributed by atoms with van der Waals surface area (Å²) in [4.78, 5) is 11.5. The highest BCUT2D eigenvalue weighted by Crippen LogP contribution is 2.19. The fraction of sp³-hybridized carbons (Fsp3) is 0.909. The summed E-state index contributed by atoms with van der Waals surface area (Å²) in [6, 6.07) is 0. The van der Waals surface area contributed by atoms with Gasteiger partial charge >= 0.3 is 5.97 Å². The molecule has 0 aromatic carbocycles. The Hall–Kier alpha value is -0.530. The summed E-state index contributed by atoms with van der Waals surface area (Å²) in [6.07, 6.45) is 3.22. The first kappa shape index (κ1) is 12.5. The smallest absolute Gasteiger partial charge is 0.309 e. The lowest BCUT2D eigenvalue weighted by molar-refractivity contribution is -0.149. The topological polar surface area (TPSA) is 26.3 Å². The van der Waals surface area contributed by atoms with E-state index < -0.39 is 0 Å². The van der Waals surface area contributed by atoms with E-state index in [9.17, 15) is 4.79 Å². The minimum Gasteiger partial charge on any atom is -0.466 e. The van der Waals surface area contributed by atoms with Crippen molar-refractivity contribution in [2.45, 2.75) is 47.0 Å². The van der Waals surface area contributed by atoms with Gasteiger partial charge < -0.3 is 4.74 Å². The van der Waals surface area contributed by atoms with Gasteiger partial charge in [-0.2, -0.15) is 0 Å². The van der Waals surface area contributed by atoms with Gasteiger partial charge in [0.05, 0.1) is 12.5 Å². The summed E-state index contributed by atoms with van der Waals surface area (Å²) in [7, 11) is 0. The van der Waals surface area contributed by atoms with E-state index >= 15 is 0 Å². The average molecular weight is 186 g/mol. The number of carbonyl (C=O) groups is 1. The second kappa shape index (κ2) is 6.93. The van der Waals surface area contributed by atoms with Crippen LogP contribution in [-0.4, -0.2) is 12.6 Å². The SMILES string of the molecule is CCCCC(C(=O)OCC)C(C)C. The van der Waals surface area contributed by atoms with E-state index in [0.717, 1.165) is 19.3 Å². The van der Waals surface area contributed by atoms with Crippen LogP contribution in [0, 0.1) is 11.8 Å². The molecule has 0 amide bonds. The largest absolute Gasteiger partial charge is 0.466 e. The van der Waals surface area contributed by atoms with Gasteiger partial charge in [-0.15, -0.1) is 0 Å². The maximum absolute atomic E-state index is 11.5. The molecule has 0 rings (SSSR count). The fourth-order valence-electron chi connectivity index (χ4n) is 1.40. The van der Waals surface area contributed by atoms with Gasteiger partial charge in [0.25, 0.3) is 0 Å². The summed E-state index contributed by atoms with van der Waals surface area (Å²) >= 11 is 0. The zero-order chi connectivity index (χ0) is 10.3. The quantitative estimate of drug-likeness (QED) is 0.596. The number of esters is 1. The zero-order valence-corrected chi connectivity index (χ0v) is 9.30. The number of unbranched alkanes of at least 4 members (excludes halogenated alkanes) is 1. The number of hydrogen-bond donors (Lipinski definition) is 0. The normalized spacial score (nSPS) is 13.0. The summed E-state index contributed by atoms with van der Waals surface area (Å²) in [5, 5.41) is 0. The monoisotopic (exact) mass is 186 g/mol. The van der Waals surface area contributed by atoms with Crippen molar-refractivity contribution >= 4 is 5.97 Å². The van der Waals surface area contributed by atoms with Gasteiger partial charge in [0.2, 0.25) is 0 Å². The molecule has 0 aromatic heterocycles. The van der Waals surface area contributed by atoms with Crippen molar-refractivity contribution < 1.29 is 9.53 Å². The summed E-state index contributed by atoms with van der Waals surface area (Å²) in [6.45, 7) is 8.65. The number of carbonyl (C=O) groups excluding carboxylic acids is 1. The molecule has 13 heavy (non-hydrogen) atoms. The van der Waals surface area contributed by atoms with E-state index in [-0.39, 0.29) is 11.9 Å². The van der Waals surface area contributed by atoms with Crippen molar-refractivity contribution in [3.05, 3.63) is 0 Å². The standard InChI is InChI=1S/C11H22O2/c1-5-7-8-10(9(3)4)11(12)13-6-2/h9-10H,5-8H2,1-4H3. The fourth-order valence-corrected chi connectivity index (χ4v) is 1.40. The molecule has 0 fully saturated rings. The summed E-state index contributed by atoms with van der Waals surface area (Å²) in [5.74, 6) is 0.469. The lowest BCUT2D eigenvalue weighted by Crippen LogP contribution is -2.22. The van der Waals surface area contributed by atoms with E-state index in [2.05, 4.69) is 20.8 Å². The molecule has 0 bridgehead atoms. The molecule has 2 nitrogen and oxygen atoms in total. The van der Waals surface area contributed by atoms with Crippen LogP contribution >= 0.6 is 0 Å². The van der Waals surface area contributed by atoms with Crippen LogP contribution in [0.2, 0.25) is 0 Å². The van der Waals surface area contributed by atoms with Crippen LogP contribution in [0.15, 0.2) is 0 Å². The second-order valence-electron chi connectivity index (χ2n) is 3.74. The Balaban J connectivity index is 3.99. The molecule has 78 valence electrons. The van der Waals surface area contributed by atoms with Crippen LogP contribution in [0.25, 0.3) is 0 Å². The van der Waals surface area contributed by atoms with Gasteiger partial charge in [-0.1, -0.05) is 33.6 Å². The van der Waals surface area contributed by atoms with Crippen LogP contribution < -0.4 is 0 Å². The van der Waals surface area contributed by atoms with Crippen LogP contribution in [0.5, 0.6) is 0 Å². The van der Waals surface area contributed by atoms with Gasteiger partial charge in [0.1, 0.15) is 0 Å². The molecular weight excluding hydrogens is 164 g/mol. The highest BCUT2D eigenvalue weighted by Gasteiger charge is 2.22. The first-order valence-electron chi connectivity index (χ1n) is 5.30. The molecule has 0 aliphatic heterocycles. The Morgan fingerprint density at radius 2 is 1.92 bits per heavy atom. The van der Waals surface area contributed by atoms with Crippen molar-refractivity contribution in [1.29, 1.82) is 0 Å². The summed E-state index contributed by atoms with van der Waals surface area (Å²) in [5.41, 5.74) is 0. The first-order chi connectivity index (χ1) is 6.13. The molecule has 1 unspecified atom stereocenters. The first-order valence-corrected chi connectivity index (χ1v) is 5.30. The molecular formula is C11H22O2. The molecule has 0 heterocycles. The van der Waals surface area contributed by atoms with Gasteiger partial charge in [-0.3, -0.25) is 4.79 Å². The van der Waals surface area contributed by atoms with E-state index in [1.807, 2.05) is 6.92 Å². The third kappa shape index (κ3) is 4.91. The zero-order valence-electron chi connectivity index (χ0n) is 9.30. The van der Waals surface area contributed by atoms with Crippen molar-refractivity contribution in [3.63, 3.8) is 0 Å². The predicted octanol–water partition coefficient (Wildman–Crippen LogP) is 3.01. The highest BCUT2D eigenvalue weighted by molar-refractivity contribution is 5.72. The molecule has 2 heteroatoms. The Labute approximate surface area is 81.7 Å². The van der Waals surface area contributed by atoms with E-state index in [1.54, 1.807) is 0 Å². The van der Waals surface area contributed by atoms with Crippen molar-refractivity contribution in [1.82, 2.24) is 0 Å². The third-order valence-corrected chi connectivity index (χ3v) is 2.26. The molecule has 1 atom stereocenters. The van der Waals surface area contributed by atoms with Crippen molar-refractivity contribution in [2.75, 3.05) is 6.61 Å². The third-order valence-electron chi connectivity index (χ3n) is 2.26. The lowest BCUT2D eigenvalue weighted by Gasteiger charge is -2.18. The van der Waals surface area contributed by atoms with Gasteiger partial charge in [0.15, 0.2) is 0 Å². The molecule has 0 radical (unpaired) electrons. The number of rotatable bonds is 6. The Bertz CT molecular complexity index is 141. The second-order valence-corrected chi connectivity index (χ2v) is 3.74. The maximum atomic E-state index is 11.5. The molecule has 0 aromatic rings. The average Bonchev–Trinajstić information content (AvgIpc) is 2.05. The molecule has 0 aliphatic carbocycles.